The number of aliphatic imine (C=N–C) groups is 1. The molecule has 1 unspecified atom stereocenters. The molecule has 11 heteroatoms. The second-order valence-electron chi connectivity index (χ2n) is 6.53. The van der Waals surface area contributed by atoms with Crippen LogP contribution in [0.3, 0.4) is 0 Å². The third kappa shape index (κ3) is 7.16. The first-order chi connectivity index (χ1) is 14.0. The molecule has 0 radical (unpaired) electrons. The van der Waals surface area contributed by atoms with Gasteiger partial charge in [-0.15, -0.1) is 24.8 Å². The van der Waals surface area contributed by atoms with Crippen LogP contribution in [0.1, 0.15) is 6.92 Å². The quantitative estimate of drug-likeness (QED) is 0.361. The minimum atomic E-state index is -0.612. The zero-order chi connectivity index (χ0) is 20.8. The highest BCUT2D eigenvalue weighted by Crippen LogP contribution is 2.34. The van der Waals surface area contributed by atoms with Crippen LogP contribution >= 0.6 is 47.4 Å². The van der Waals surface area contributed by atoms with E-state index in [4.69, 9.17) is 10.5 Å². The molecule has 2 aromatic rings. The molecular formula is C20H25Cl2FIN5O2. The lowest BCUT2D eigenvalue weighted by Crippen LogP contribution is -2.50. The van der Waals surface area contributed by atoms with Crippen molar-refractivity contribution in [3.63, 3.8) is 0 Å². The molecule has 0 saturated heterocycles. The summed E-state index contributed by atoms with van der Waals surface area (Å²) in [6, 6.07) is 8.54. The summed E-state index contributed by atoms with van der Waals surface area (Å²) < 4.78 is 20.1. The van der Waals surface area contributed by atoms with Crippen molar-refractivity contribution >= 4 is 70.9 Å². The maximum Gasteiger partial charge on any atom is 0.255 e. The van der Waals surface area contributed by atoms with E-state index in [1.54, 1.807) is 18.3 Å². The highest BCUT2D eigenvalue weighted by molar-refractivity contribution is 14.1. The second-order valence-corrected chi connectivity index (χ2v) is 7.77. The van der Waals surface area contributed by atoms with Gasteiger partial charge < -0.3 is 15.4 Å². The van der Waals surface area contributed by atoms with Crippen molar-refractivity contribution in [2.24, 2.45) is 10.7 Å². The van der Waals surface area contributed by atoms with Crippen molar-refractivity contribution in [3.05, 3.63) is 46.0 Å². The topological polar surface area (TPSA) is 84.1 Å². The molecule has 0 aliphatic carbocycles. The van der Waals surface area contributed by atoms with Gasteiger partial charge in [-0.25, -0.2) is 4.98 Å². The van der Waals surface area contributed by atoms with E-state index in [9.17, 15) is 9.18 Å². The zero-order valence-corrected chi connectivity index (χ0v) is 20.7. The van der Waals surface area contributed by atoms with Crippen LogP contribution in [0.25, 0.3) is 0 Å². The summed E-state index contributed by atoms with van der Waals surface area (Å²) in [6.45, 7) is 5.09. The van der Waals surface area contributed by atoms with E-state index in [2.05, 4.69) is 37.5 Å². The first-order valence-electron chi connectivity index (χ1n) is 9.35. The number of hydrogen-bond donors (Lipinski definition) is 1. The number of primary amides is 1. The normalized spacial score (nSPS) is 14.5. The van der Waals surface area contributed by atoms with Crippen LogP contribution in [-0.2, 0) is 4.79 Å². The van der Waals surface area contributed by atoms with Crippen molar-refractivity contribution in [2.45, 2.75) is 13.0 Å². The molecule has 0 bridgehead atoms. The molecular weight excluding hydrogens is 559 g/mol. The molecule has 1 aromatic heterocycles. The van der Waals surface area contributed by atoms with E-state index in [0.717, 1.165) is 21.5 Å². The summed E-state index contributed by atoms with van der Waals surface area (Å²) in [4.78, 5) is 24.1. The lowest BCUT2D eigenvalue weighted by Gasteiger charge is -2.35. The summed E-state index contributed by atoms with van der Waals surface area (Å²) >= 11 is 2.23. The van der Waals surface area contributed by atoms with E-state index in [1.807, 2.05) is 30.0 Å². The molecule has 1 aromatic carbocycles. The van der Waals surface area contributed by atoms with Gasteiger partial charge in [0.25, 0.3) is 5.95 Å². The predicted octanol–water partition coefficient (Wildman–Crippen LogP) is 3.45. The molecule has 1 aliphatic rings. The maximum absolute atomic E-state index is 13.6. The van der Waals surface area contributed by atoms with E-state index in [-0.39, 0.29) is 30.6 Å². The standard InChI is InChI=1S/C20H23FIN5O2.2ClH/c1-2-26(10-11-29-18-4-3-7-24-19(18)21)8-9-27-16-6-5-14(22)12-15(16)25-13-17(27)20(23)28;;/h3-7,12-13,17H,2,8-11H2,1H3,(H2,23,28);2*1H. The summed E-state index contributed by atoms with van der Waals surface area (Å²) in [5, 5.41) is 0. The number of hydrogen-bond acceptors (Lipinski definition) is 6. The van der Waals surface area contributed by atoms with Gasteiger partial charge in [-0.3, -0.25) is 14.7 Å². The number of nitrogens with two attached hydrogens (primary N) is 1. The van der Waals surface area contributed by atoms with E-state index < -0.39 is 17.9 Å². The van der Waals surface area contributed by atoms with Gasteiger partial charge in [0.15, 0.2) is 5.75 Å². The molecule has 2 N–H and O–H groups in total. The largest absolute Gasteiger partial charge is 0.487 e. The number of likely N-dealkylation sites (N-methyl/N-ethyl adjacent to an activating group) is 1. The zero-order valence-electron chi connectivity index (χ0n) is 16.9. The number of aromatic nitrogens is 1. The Labute approximate surface area is 207 Å². The third-order valence-electron chi connectivity index (χ3n) is 4.72. The number of nitrogens with zero attached hydrogens (tertiary/aromatic N) is 4. The number of fused-ring (bicyclic) bond motifs is 1. The van der Waals surface area contributed by atoms with Crippen molar-refractivity contribution in [1.82, 2.24) is 9.88 Å². The average Bonchev–Trinajstić information content (AvgIpc) is 2.71. The first-order valence-corrected chi connectivity index (χ1v) is 10.4. The molecule has 0 fully saturated rings. The Balaban J connectivity index is 0.00000240. The third-order valence-corrected chi connectivity index (χ3v) is 5.39. The Kier molecular flexibility index (Phi) is 11.5. The summed E-state index contributed by atoms with van der Waals surface area (Å²) in [7, 11) is 0. The lowest BCUT2D eigenvalue weighted by atomic mass is 10.1. The van der Waals surface area contributed by atoms with Gasteiger partial charge in [0.1, 0.15) is 12.6 Å². The van der Waals surface area contributed by atoms with Gasteiger partial charge in [0, 0.05) is 35.6 Å². The Morgan fingerprint density at radius 1 is 1.32 bits per heavy atom. The molecule has 1 atom stereocenters. The van der Waals surface area contributed by atoms with Crippen molar-refractivity contribution in [2.75, 3.05) is 37.7 Å². The SMILES string of the molecule is CCN(CCOc1cccnc1F)CCN1c2ccc(I)cc2N=CC1C(N)=O.Cl.Cl. The highest BCUT2D eigenvalue weighted by Gasteiger charge is 2.28. The lowest BCUT2D eigenvalue weighted by molar-refractivity contribution is -0.117. The fraction of sp³-hybridized carbons (Fsp3) is 0.350. The second kappa shape index (κ2) is 13.0. The number of benzene rings is 1. The fourth-order valence-electron chi connectivity index (χ4n) is 3.15. The van der Waals surface area contributed by atoms with Gasteiger partial charge in [0.05, 0.1) is 11.4 Å². The van der Waals surface area contributed by atoms with Gasteiger partial charge in [-0.1, -0.05) is 6.92 Å². The number of ether oxygens (including phenoxy) is 1. The number of halogens is 4. The minimum absolute atomic E-state index is 0. The van der Waals surface area contributed by atoms with E-state index >= 15 is 0 Å². The van der Waals surface area contributed by atoms with Crippen LogP contribution in [-0.4, -0.2) is 60.8 Å². The van der Waals surface area contributed by atoms with Crippen LogP contribution in [0, 0.1) is 9.52 Å². The number of carbonyl (C=O) groups excluding carboxylic acids is 1. The van der Waals surface area contributed by atoms with Crippen LogP contribution in [0.4, 0.5) is 15.8 Å². The number of anilines is 1. The summed E-state index contributed by atoms with van der Waals surface area (Å²) in [5.74, 6) is -0.900. The Morgan fingerprint density at radius 3 is 2.77 bits per heavy atom. The van der Waals surface area contributed by atoms with Crippen molar-refractivity contribution in [1.29, 1.82) is 0 Å². The average molecular weight is 584 g/mol. The Morgan fingerprint density at radius 2 is 2.10 bits per heavy atom. The number of rotatable bonds is 9. The van der Waals surface area contributed by atoms with Gasteiger partial charge in [-0.2, -0.15) is 4.39 Å². The highest BCUT2D eigenvalue weighted by atomic mass is 127. The smallest absolute Gasteiger partial charge is 0.255 e. The minimum Gasteiger partial charge on any atom is -0.487 e. The predicted molar refractivity (Wildman–Crippen MR) is 134 cm³/mol. The van der Waals surface area contributed by atoms with Crippen LogP contribution in [0.15, 0.2) is 41.5 Å². The Bertz CT molecular complexity index is 906. The summed E-state index contributed by atoms with van der Waals surface area (Å²) in [6.07, 6.45) is 2.99. The molecule has 3 rings (SSSR count). The molecule has 7 nitrogen and oxygen atoms in total. The molecule has 1 aliphatic heterocycles. The number of carbonyl (C=O) groups is 1. The van der Waals surface area contributed by atoms with Crippen LogP contribution in [0.5, 0.6) is 5.75 Å². The van der Waals surface area contributed by atoms with Gasteiger partial charge in [-0.05, 0) is 59.5 Å². The molecule has 0 spiro atoms. The number of amides is 1. The molecule has 1 amide bonds. The molecule has 170 valence electrons. The molecule has 2 heterocycles. The van der Waals surface area contributed by atoms with Crippen LogP contribution in [0.2, 0.25) is 0 Å². The van der Waals surface area contributed by atoms with Crippen molar-refractivity contribution in [3.8, 4) is 5.75 Å². The first kappa shape index (κ1) is 27.3. The van der Waals surface area contributed by atoms with Crippen molar-refractivity contribution < 1.29 is 13.9 Å². The number of pyridine rings is 1. The van der Waals surface area contributed by atoms with E-state index in [0.29, 0.717) is 26.2 Å². The molecule has 0 saturated carbocycles. The maximum atomic E-state index is 13.6. The van der Waals surface area contributed by atoms with Gasteiger partial charge >= 0.3 is 0 Å². The Hall–Kier alpha value is -1.69. The molecule has 31 heavy (non-hydrogen) atoms. The monoisotopic (exact) mass is 583 g/mol. The fourth-order valence-corrected chi connectivity index (χ4v) is 3.63. The van der Waals surface area contributed by atoms with Gasteiger partial charge in [0.2, 0.25) is 5.91 Å². The van der Waals surface area contributed by atoms with E-state index in [1.165, 1.54) is 6.20 Å². The van der Waals surface area contributed by atoms with Crippen LogP contribution < -0.4 is 15.4 Å². The summed E-state index contributed by atoms with van der Waals surface area (Å²) in [5.41, 5.74) is 7.31.